The molecule has 14 heteroatoms. The fraction of sp³-hybridized carbons (Fsp3) is 0.100. The first-order valence-corrected chi connectivity index (χ1v) is 21.5. The maximum atomic E-state index is 10.4. The van der Waals surface area contributed by atoms with E-state index in [1.54, 1.807) is 36.4 Å². The van der Waals surface area contributed by atoms with Crippen LogP contribution in [0.4, 0.5) is 0 Å². The summed E-state index contributed by atoms with van der Waals surface area (Å²) in [6.45, 7) is 4.05. The minimum absolute atomic E-state index is 0.0965. The van der Waals surface area contributed by atoms with Crippen molar-refractivity contribution in [2.75, 3.05) is 6.54 Å². The lowest BCUT2D eigenvalue weighted by atomic mass is 10.3. The Morgan fingerprint density at radius 2 is 0.944 bits per heavy atom. The number of ether oxygens (including phenoxy) is 1. The fourth-order valence-electron chi connectivity index (χ4n) is 4.94. The lowest BCUT2D eigenvalue weighted by Crippen LogP contribution is -2.16. The van der Waals surface area contributed by atoms with Crippen molar-refractivity contribution in [1.82, 2.24) is 0 Å². The molecule has 6 rings (SSSR count). The van der Waals surface area contributed by atoms with E-state index in [0.29, 0.717) is 35.3 Å². The molecule has 3 unspecified atom stereocenters. The molecule has 278 valence electrons. The van der Waals surface area contributed by atoms with Crippen LogP contribution in [-0.4, -0.2) is 22.6 Å². The van der Waals surface area contributed by atoms with E-state index >= 15 is 0 Å². The fourth-order valence-corrected chi connectivity index (χ4v) is 12.5. The lowest BCUT2D eigenvalue weighted by Gasteiger charge is -2.31. The van der Waals surface area contributed by atoms with Gasteiger partial charge in [0, 0.05) is 24.7 Å². The van der Waals surface area contributed by atoms with Gasteiger partial charge in [-0.15, -0.1) is 9.03 Å². The predicted octanol–water partition coefficient (Wildman–Crippen LogP) is 12.4. The van der Waals surface area contributed by atoms with Crippen LogP contribution in [0.5, 0.6) is 46.0 Å². The van der Waals surface area contributed by atoms with E-state index in [0.717, 1.165) is 0 Å². The molecule has 6 aromatic carbocycles. The first-order chi connectivity index (χ1) is 26.3. The molecular weight excluding hydrogens is 743 g/mol. The standard InChI is InChI=1S/C40H40N3O8P3/c1-3-41-53(49-37-23-13-6-14-24-37,32(2)46-35-19-9-4-10-20-35)43-54(50-38-25-15-7-16-26-38,51-39-27-17-8-18-28-39)42-52(47-36-21-11-5-12-22-36)48-40-30-33(44)29-34(45)31-40/h4-32,44-45,52H,3H2,1-2H3. The molecule has 11 nitrogen and oxygen atoms in total. The van der Waals surface area contributed by atoms with Gasteiger partial charge in [0.25, 0.3) is 7.43 Å². The minimum atomic E-state index is -4.07. The largest absolute Gasteiger partial charge is 0.508 e. The molecule has 0 aliphatic heterocycles. The minimum Gasteiger partial charge on any atom is -0.508 e. The maximum absolute atomic E-state index is 10.4. The van der Waals surface area contributed by atoms with Gasteiger partial charge in [0.2, 0.25) is 0 Å². The highest BCUT2D eigenvalue weighted by atomic mass is 31.2. The highest BCUT2D eigenvalue weighted by Crippen LogP contribution is 2.69. The number of nitrogens with zero attached hydrogens (tertiary/aromatic N) is 3. The third kappa shape index (κ3) is 10.7. The molecule has 0 heterocycles. The van der Waals surface area contributed by atoms with Crippen LogP contribution in [0.3, 0.4) is 0 Å². The van der Waals surface area contributed by atoms with Crippen LogP contribution >= 0.6 is 23.3 Å². The molecule has 0 amide bonds. The molecule has 6 aromatic rings. The molecule has 3 atom stereocenters. The van der Waals surface area contributed by atoms with Gasteiger partial charge >= 0.3 is 15.8 Å². The number of benzene rings is 6. The quantitative estimate of drug-likeness (QED) is 0.0927. The first-order valence-electron chi connectivity index (χ1n) is 17.0. The van der Waals surface area contributed by atoms with Crippen LogP contribution in [0, 0.1) is 0 Å². The van der Waals surface area contributed by atoms with Gasteiger partial charge in [0.15, 0.2) is 5.85 Å². The van der Waals surface area contributed by atoms with E-state index in [4.69, 9.17) is 41.1 Å². The number of para-hydroxylation sites is 5. The number of phenols is 2. The topological polar surface area (TPSA) is 133 Å². The van der Waals surface area contributed by atoms with E-state index in [9.17, 15) is 10.2 Å². The molecule has 0 saturated heterocycles. The van der Waals surface area contributed by atoms with E-state index in [-0.39, 0.29) is 17.2 Å². The molecule has 0 radical (unpaired) electrons. The van der Waals surface area contributed by atoms with Gasteiger partial charge in [-0.25, -0.2) is 4.74 Å². The van der Waals surface area contributed by atoms with Gasteiger partial charge in [-0.05, 0) is 74.5 Å². The Kier molecular flexibility index (Phi) is 13.0. The van der Waals surface area contributed by atoms with Crippen molar-refractivity contribution in [3.8, 4) is 46.0 Å². The number of rotatable bonds is 16. The smallest absolute Gasteiger partial charge is 0.456 e. The van der Waals surface area contributed by atoms with Gasteiger partial charge in [-0.2, -0.15) is 0 Å². The van der Waals surface area contributed by atoms with Crippen molar-refractivity contribution < 1.29 is 37.6 Å². The summed E-state index contributed by atoms with van der Waals surface area (Å²) in [5.74, 6) is 1.23. The number of aromatic hydroxyl groups is 2. The molecular formula is C40H40N3O8P3. The second-order valence-corrected chi connectivity index (χ2v) is 17.6. The molecule has 0 aliphatic carbocycles. The van der Waals surface area contributed by atoms with E-state index in [1.807, 2.05) is 129 Å². The monoisotopic (exact) mass is 783 g/mol. The van der Waals surface area contributed by atoms with Crippen LogP contribution < -0.4 is 27.4 Å². The molecule has 54 heavy (non-hydrogen) atoms. The Morgan fingerprint density at radius 1 is 0.537 bits per heavy atom. The second-order valence-electron chi connectivity index (χ2n) is 11.4. The predicted molar refractivity (Wildman–Crippen MR) is 215 cm³/mol. The SMILES string of the molecule is CCN=P(N=P(/N=[PH](/Oc1ccccc1)Oc1cc(O)cc(O)c1)(Oc1ccccc1)Oc1ccccc1)(Oc1ccccc1)C(C)Oc1ccccc1. The van der Waals surface area contributed by atoms with Crippen LogP contribution in [0.1, 0.15) is 13.8 Å². The molecule has 0 saturated carbocycles. The van der Waals surface area contributed by atoms with Gasteiger partial charge in [-0.1, -0.05) is 91.0 Å². The van der Waals surface area contributed by atoms with E-state index < -0.39 is 29.1 Å². The zero-order valence-corrected chi connectivity index (χ0v) is 32.3. The van der Waals surface area contributed by atoms with Crippen molar-refractivity contribution in [2.45, 2.75) is 19.7 Å². The summed E-state index contributed by atoms with van der Waals surface area (Å²) in [5.41, 5.74) is 0. The molecule has 0 aliphatic rings. The summed E-state index contributed by atoms with van der Waals surface area (Å²) in [6.07, 6.45) is 0. The molecule has 0 spiro atoms. The van der Waals surface area contributed by atoms with Crippen LogP contribution in [-0.2, 0) is 0 Å². The normalized spacial score (nSPS) is 13.4. The second kappa shape index (κ2) is 18.4. The molecule has 0 bridgehead atoms. The van der Waals surface area contributed by atoms with Crippen molar-refractivity contribution in [1.29, 1.82) is 0 Å². The average Bonchev–Trinajstić information content (AvgIpc) is 3.16. The van der Waals surface area contributed by atoms with E-state index in [1.165, 1.54) is 18.2 Å². The Morgan fingerprint density at radius 3 is 1.41 bits per heavy atom. The number of phenolic OH excluding ortho intramolecular Hbond substituents is 2. The highest BCUT2D eigenvalue weighted by molar-refractivity contribution is 7.72. The van der Waals surface area contributed by atoms with Gasteiger partial charge < -0.3 is 37.6 Å². The Balaban J connectivity index is 1.66. The summed E-state index contributed by atoms with van der Waals surface area (Å²) in [6, 6.07) is 49.6. The summed E-state index contributed by atoms with van der Waals surface area (Å²) in [5, 5.41) is 20.7. The van der Waals surface area contributed by atoms with E-state index in [2.05, 4.69) is 0 Å². The summed E-state index contributed by atoms with van der Waals surface area (Å²) >= 11 is 0. The van der Waals surface area contributed by atoms with Crippen LogP contribution in [0.15, 0.2) is 184 Å². The van der Waals surface area contributed by atoms with Gasteiger partial charge in [-0.3, -0.25) is 0 Å². The Bertz CT molecular complexity index is 2170. The molecule has 0 fully saturated rings. The summed E-state index contributed by atoms with van der Waals surface area (Å²) in [7, 11) is -10.5. The van der Waals surface area contributed by atoms with Crippen molar-refractivity contribution in [3.05, 3.63) is 170 Å². The molecule has 0 aromatic heterocycles. The highest BCUT2D eigenvalue weighted by Gasteiger charge is 2.40. The Labute approximate surface area is 315 Å². The van der Waals surface area contributed by atoms with Gasteiger partial charge in [0.05, 0.1) is 0 Å². The number of hydrogen-bond donors (Lipinski definition) is 2. The number of hydrogen-bond acceptors (Lipinski definition) is 9. The zero-order chi connectivity index (χ0) is 37.6. The maximum Gasteiger partial charge on any atom is 0.456 e. The lowest BCUT2D eigenvalue weighted by molar-refractivity contribution is 0.287. The van der Waals surface area contributed by atoms with Gasteiger partial charge in [0.1, 0.15) is 46.0 Å². The molecule has 2 N–H and O–H groups in total. The van der Waals surface area contributed by atoms with Crippen molar-refractivity contribution in [2.24, 2.45) is 13.8 Å². The Hall–Kier alpha value is -5.59. The summed E-state index contributed by atoms with van der Waals surface area (Å²) < 4.78 is 55.7. The van der Waals surface area contributed by atoms with Crippen LogP contribution in [0.25, 0.3) is 0 Å². The third-order valence-corrected chi connectivity index (χ3v) is 14.8. The van der Waals surface area contributed by atoms with Crippen molar-refractivity contribution >= 4 is 23.3 Å². The van der Waals surface area contributed by atoms with Crippen molar-refractivity contribution in [3.63, 3.8) is 0 Å². The first kappa shape index (κ1) is 38.1. The third-order valence-electron chi connectivity index (χ3n) is 7.26. The average molecular weight is 784 g/mol. The summed E-state index contributed by atoms with van der Waals surface area (Å²) in [4.78, 5) is 0. The van der Waals surface area contributed by atoms with Crippen LogP contribution in [0.2, 0.25) is 0 Å². The zero-order valence-electron chi connectivity index (χ0n) is 29.5.